The summed E-state index contributed by atoms with van der Waals surface area (Å²) in [6.45, 7) is 0.563. The smallest absolute Gasteiger partial charge is 0.293 e. The van der Waals surface area contributed by atoms with Gasteiger partial charge >= 0.3 is 0 Å². The van der Waals surface area contributed by atoms with Gasteiger partial charge in [-0.25, -0.2) is 0 Å². The van der Waals surface area contributed by atoms with Crippen molar-refractivity contribution in [1.82, 2.24) is 4.90 Å². The first-order valence-electron chi connectivity index (χ1n) is 5.75. The van der Waals surface area contributed by atoms with Gasteiger partial charge in [0.05, 0.1) is 22.5 Å². The highest BCUT2D eigenvalue weighted by atomic mass is 79.9. The van der Waals surface area contributed by atoms with Crippen molar-refractivity contribution < 1.29 is 19.4 Å². The van der Waals surface area contributed by atoms with Gasteiger partial charge in [-0.15, -0.1) is 0 Å². The van der Waals surface area contributed by atoms with E-state index in [1.165, 1.54) is 13.2 Å². The van der Waals surface area contributed by atoms with Crippen LogP contribution in [-0.2, 0) is 9.53 Å². The maximum atomic E-state index is 12.1. The summed E-state index contributed by atoms with van der Waals surface area (Å²) in [5.74, 6) is -0.198. The predicted octanol–water partition coefficient (Wildman–Crippen LogP) is 2.84. The highest BCUT2D eigenvalue weighted by Crippen LogP contribution is 2.33. The van der Waals surface area contributed by atoms with Crippen molar-refractivity contribution in [2.45, 2.75) is 0 Å². The van der Waals surface area contributed by atoms with Crippen LogP contribution < -0.4 is 0 Å². The van der Waals surface area contributed by atoms with Crippen LogP contribution in [0.5, 0.6) is 5.75 Å². The standard InChI is InChI=1S/C13H12BrNO4S/c1-19-5-4-15-12(17)11(20-13(15)18)7-8-2-3-10(16)9(14)6-8/h2-3,6-7,16H,4-5H2,1H3/b11-7+. The summed E-state index contributed by atoms with van der Waals surface area (Å²) < 4.78 is 5.41. The Morgan fingerprint density at radius 1 is 1.45 bits per heavy atom. The molecule has 0 aromatic heterocycles. The number of nitrogens with zero attached hydrogens (tertiary/aromatic N) is 1. The number of ether oxygens (including phenoxy) is 1. The minimum atomic E-state index is -0.318. The van der Waals surface area contributed by atoms with E-state index in [-0.39, 0.29) is 23.4 Å². The molecule has 2 rings (SSSR count). The normalized spacial score (nSPS) is 17.3. The molecule has 1 saturated heterocycles. The number of amides is 2. The number of halogens is 1. The molecule has 1 aliphatic heterocycles. The summed E-state index contributed by atoms with van der Waals surface area (Å²) in [7, 11) is 1.52. The second-order valence-electron chi connectivity index (χ2n) is 4.04. The molecule has 0 saturated carbocycles. The molecule has 0 spiro atoms. The van der Waals surface area contributed by atoms with Crippen LogP contribution in [0.2, 0.25) is 0 Å². The Morgan fingerprint density at radius 3 is 2.85 bits per heavy atom. The van der Waals surface area contributed by atoms with Gasteiger partial charge in [-0.1, -0.05) is 6.07 Å². The maximum absolute atomic E-state index is 12.1. The van der Waals surface area contributed by atoms with Gasteiger partial charge in [0.25, 0.3) is 11.1 Å². The SMILES string of the molecule is COCCN1C(=O)S/C(=C/c2ccc(O)c(Br)c2)C1=O. The zero-order chi connectivity index (χ0) is 14.7. The lowest BCUT2D eigenvalue weighted by atomic mass is 10.2. The number of imide groups is 1. The highest BCUT2D eigenvalue weighted by Gasteiger charge is 2.34. The number of hydrogen-bond donors (Lipinski definition) is 1. The molecule has 0 aliphatic carbocycles. The minimum Gasteiger partial charge on any atom is -0.507 e. The molecule has 5 nitrogen and oxygen atoms in total. The van der Waals surface area contributed by atoms with Crippen LogP contribution in [-0.4, -0.2) is 41.4 Å². The maximum Gasteiger partial charge on any atom is 0.293 e. The van der Waals surface area contributed by atoms with Gasteiger partial charge in [0.15, 0.2) is 0 Å². The van der Waals surface area contributed by atoms with Crippen LogP contribution in [0.25, 0.3) is 6.08 Å². The molecule has 1 heterocycles. The summed E-state index contributed by atoms with van der Waals surface area (Å²) in [5, 5.41) is 9.13. The quantitative estimate of drug-likeness (QED) is 0.839. The van der Waals surface area contributed by atoms with E-state index in [2.05, 4.69) is 15.9 Å². The minimum absolute atomic E-state index is 0.121. The third-order valence-electron chi connectivity index (χ3n) is 2.66. The van der Waals surface area contributed by atoms with Crippen molar-refractivity contribution in [3.63, 3.8) is 0 Å². The molecule has 1 aromatic carbocycles. The Bertz CT molecular complexity index is 588. The van der Waals surface area contributed by atoms with E-state index in [4.69, 9.17) is 4.74 Å². The molecule has 1 N–H and O–H groups in total. The van der Waals surface area contributed by atoms with Crippen LogP contribution in [0.1, 0.15) is 5.56 Å². The van der Waals surface area contributed by atoms with E-state index in [0.29, 0.717) is 16.0 Å². The second kappa shape index (κ2) is 6.43. The second-order valence-corrected chi connectivity index (χ2v) is 5.88. The molecule has 0 bridgehead atoms. The van der Waals surface area contributed by atoms with Gasteiger partial charge < -0.3 is 9.84 Å². The number of benzene rings is 1. The van der Waals surface area contributed by atoms with E-state index in [0.717, 1.165) is 22.2 Å². The predicted molar refractivity (Wildman–Crippen MR) is 80.4 cm³/mol. The fraction of sp³-hybridized carbons (Fsp3) is 0.231. The van der Waals surface area contributed by atoms with E-state index in [1.54, 1.807) is 18.2 Å². The molecule has 1 fully saturated rings. The fourth-order valence-corrected chi connectivity index (χ4v) is 2.90. The average molecular weight is 358 g/mol. The van der Waals surface area contributed by atoms with E-state index >= 15 is 0 Å². The zero-order valence-corrected chi connectivity index (χ0v) is 13.0. The van der Waals surface area contributed by atoms with Crippen molar-refractivity contribution in [3.8, 4) is 5.75 Å². The monoisotopic (exact) mass is 357 g/mol. The van der Waals surface area contributed by atoms with Crippen molar-refractivity contribution in [3.05, 3.63) is 33.1 Å². The number of phenols is 1. The Labute approximate surface area is 128 Å². The Kier molecular flexibility index (Phi) is 4.85. The lowest BCUT2D eigenvalue weighted by molar-refractivity contribution is -0.123. The molecule has 0 unspecified atom stereocenters. The van der Waals surface area contributed by atoms with Crippen molar-refractivity contribution in [2.24, 2.45) is 0 Å². The third kappa shape index (κ3) is 3.23. The van der Waals surface area contributed by atoms with Gasteiger partial charge in [-0.3, -0.25) is 14.5 Å². The fourth-order valence-electron chi connectivity index (χ4n) is 1.64. The third-order valence-corrected chi connectivity index (χ3v) is 4.20. The highest BCUT2D eigenvalue weighted by molar-refractivity contribution is 9.10. The first kappa shape index (κ1) is 15.1. The number of thioether (sulfide) groups is 1. The molecule has 0 atom stereocenters. The number of methoxy groups -OCH3 is 1. The van der Waals surface area contributed by atoms with Crippen LogP contribution in [0.3, 0.4) is 0 Å². The summed E-state index contributed by atoms with van der Waals surface area (Å²) in [6, 6.07) is 4.87. The number of aromatic hydroxyl groups is 1. The molecular formula is C13H12BrNO4S. The number of hydrogen-bond acceptors (Lipinski definition) is 5. The van der Waals surface area contributed by atoms with E-state index < -0.39 is 0 Å². The molecule has 0 radical (unpaired) electrons. The Morgan fingerprint density at radius 2 is 2.20 bits per heavy atom. The van der Waals surface area contributed by atoms with Gasteiger partial charge in [0, 0.05) is 7.11 Å². The summed E-state index contributed by atoms with van der Waals surface area (Å²) >= 11 is 4.11. The number of phenolic OH excluding ortho intramolecular Hbond substituents is 1. The first-order valence-corrected chi connectivity index (χ1v) is 7.36. The van der Waals surface area contributed by atoms with Gasteiger partial charge in [-0.2, -0.15) is 0 Å². The largest absolute Gasteiger partial charge is 0.507 e. The first-order chi connectivity index (χ1) is 9.52. The number of carbonyl (C=O) groups excluding carboxylic acids is 2. The van der Waals surface area contributed by atoms with Crippen molar-refractivity contribution in [2.75, 3.05) is 20.3 Å². The number of carbonyl (C=O) groups is 2. The van der Waals surface area contributed by atoms with Crippen LogP contribution in [0, 0.1) is 0 Å². The van der Waals surface area contributed by atoms with Gasteiger partial charge in [0.2, 0.25) is 0 Å². The Balaban J connectivity index is 2.20. The van der Waals surface area contributed by atoms with Gasteiger partial charge in [-0.05, 0) is 51.5 Å². The van der Waals surface area contributed by atoms with Crippen LogP contribution in [0.15, 0.2) is 27.6 Å². The zero-order valence-electron chi connectivity index (χ0n) is 10.6. The molecule has 1 aliphatic rings. The molecule has 2 amide bonds. The summed E-state index contributed by atoms with van der Waals surface area (Å²) in [4.78, 5) is 25.3. The Hall–Kier alpha value is -1.31. The molecular weight excluding hydrogens is 346 g/mol. The van der Waals surface area contributed by atoms with E-state index in [1.807, 2.05) is 0 Å². The average Bonchev–Trinajstić information content (AvgIpc) is 2.67. The summed E-state index contributed by atoms with van der Waals surface area (Å²) in [6.07, 6.45) is 1.63. The van der Waals surface area contributed by atoms with Crippen LogP contribution >= 0.6 is 27.7 Å². The molecule has 1 aromatic rings. The molecule has 106 valence electrons. The topological polar surface area (TPSA) is 66.8 Å². The lowest BCUT2D eigenvalue weighted by Gasteiger charge is -2.10. The van der Waals surface area contributed by atoms with Gasteiger partial charge in [0.1, 0.15) is 5.75 Å². The number of rotatable bonds is 4. The lowest BCUT2D eigenvalue weighted by Crippen LogP contribution is -2.31. The van der Waals surface area contributed by atoms with Crippen molar-refractivity contribution in [1.29, 1.82) is 0 Å². The van der Waals surface area contributed by atoms with Crippen LogP contribution in [0.4, 0.5) is 4.79 Å². The van der Waals surface area contributed by atoms with Crippen molar-refractivity contribution >= 4 is 44.9 Å². The molecule has 20 heavy (non-hydrogen) atoms. The molecule has 7 heteroatoms. The van der Waals surface area contributed by atoms with E-state index in [9.17, 15) is 14.7 Å². The summed E-state index contributed by atoms with van der Waals surface area (Å²) in [5.41, 5.74) is 0.729.